The zero-order chi connectivity index (χ0) is 9.14. The number of hydrogen-bond donors (Lipinski definition) is 0. The molecule has 6 nitrogen and oxygen atoms in total. The van der Waals surface area contributed by atoms with Crippen LogP contribution in [0, 0.1) is 4.91 Å². The highest BCUT2D eigenvalue weighted by Crippen LogP contribution is 2.09. The normalized spacial score (nSPS) is 22.3. The van der Waals surface area contributed by atoms with E-state index in [9.17, 15) is 9.70 Å². The predicted octanol–water partition coefficient (Wildman–Crippen LogP) is 0.0502. The van der Waals surface area contributed by atoms with Gasteiger partial charge in [-0.05, 0) is 0 Å². The minimum absolute atomic E-state index is 0.245. The van der Waals surface area contributed by atoms with Crippen LogP contribution in [0.3, 0.4) is 0 Å². The predicted molar refractivity (Wildman–Crippen MR) is 41.3 cm³/mol. The molecule has 0 aliphatic carbocycles. The van der Waals surface area contributed by atoms with E-state index in [2.05, 4.69) is 5.29 Å². The summed E-state index contributed by atoms with van der Waals surface area (Å²) in [4.78, 5) is 22.3. The van der Waals surface area contributed by atoms with E-state index in [1.807, 2.05) is 0 Å². The monoisotopic (exact) mass is 173 g/mol. The third-order valence-electron chi connectivity index (χ3n) is 1.66. The Balaban J connectivity index is 2.37. The summed E-state index contributed by atoms with van der Waals surface area (Å²) in [5, 5.41) is 3.88. The molecule has 0 bridgehead atoms. The summed E-state index contributed by atoms with van der Waals surface area (Å²) in [5.41, 5.74) is 0. The second-order valence-corrected chi connectivity index (χ2v) is 2.81. The first-order chi connectivity index (χ1) is 5.63. The number of carbonyl (C=O) groups is 1. The smallest absolute Gasteiger partial charge is 0.410 e. The second-order valence-electron chi connectivity index (χ2n) is 2.81. The fourth-order valence-corrected chi connectivity index (χ4v) is 1.07. The van der Waals surface area contributed by atoms with E-state index in [1.165, 1.54) is 9.91 Å². The van der Waals surface area contributed by atoms with Gasteiger partial charge in [0.25, 0.3) is 0 Å². The van der Waals surface area contributed by atoms with E-state index >= 15 is 0 Å². The van der Waals surface area contributed by atoms with Crippen LogP contribution in [0.15, 0.2) is 5.29 Å². The van der Waals surface area contributed by atoms with Gasteiger partial charge >= 0.3 is 6.09 Å². The third kappa shape index (κ3) is 1.84. The van der Waals surface area contributed by atoms with Crippen molar-refractivity contribution in [1.82, 2.24) is 9.91 Å². The summed E-state index contributed by atoms with van der Waals surface area (Å²) in [7, 11) is 3.19. The molecule has 1 fully saturated rings. The Labute approximate surface area is 70.0 Å². The highest BCUT2D eigenvalue weighted by Gasteiger charge is 2.28. The molecule has 0 aromatic rings. The maximum atomic E-state index is 10.8. The van der Waals surface area contributed by atoms with Gasteiger partial charge in [0, 0.05) is 14.1 Å². The maximum absolute atomic E-state index is 10.8. The van der Waals surface area contributed by atoms with Crippen molar-refractivity contribution >= 4 is 6.09 Å². The van der Waals surface area contributed by atoms with Crippen LogP contribution < -0.4 is 0 Å². The van der Waals surface area contributed by atoms with Crippen molar-refractivity contribution in [2.75, 3.05) is 27.2 Å². The maximum Gasteiger partial charge on any atom is 0.410 e. The number of hydrogen-bond acceptors (Lipinski definition) is 4. The summed E-state index contributed by atoms with van der Waals surface area (Å²) in [6.07, 6.45) is -0.593. The van der Waals surface area contributed by atoms with Crippen molar-refractivity contribution in [3.63, 3.8) is 0 Å². The first-order valence-corrected chi connectivity index (χ1v) is 3.59. The number of carbonyl (C=O) groups excluding carboxylic acids is 1. The van der Waals surface area contributed by atoms with Gasteiger partial charge in [-0.2, -0.15) is 0 Å². The zero-order valence-corrected chi connectivity index (χ0v) is 7.06. The molecule has 0 aromatic heterocycles. The van der Waals surface area contributed by atoms with Crippen molar-refractivity contribution in [1.29, 1.82) is 0 Å². The van der Waals surface area contributed by atoms with Crippen molar-refractivity contribution in [2.45, 2.75) is 6.10 Å². The van der Waals surface area contributed by atoms with Gasteiger partial charge in [0.15, 0.2) is 0 Å². The van der Waals surface area contributed by atoms with E-state index in [4.69, 9.17) is 4.74 Å². The molecular formula is C6H11N3O3. The Bertz CT molecular complexity index is 196. The zero-order valence-electron chi connectivity index (χ0n) is 7.06. The number of nitroso groups, excluding NO2 is 1. The van der Waals surface area contributed by atoms with Crippen molar-refractivity contribution in [2.24, 2.45) is 5.29 Å². The molecule has 1 aliphatic heterocycles. The standard InChI is InChI=1S/C6H11N3O3/c1-8-3-5(12-6(8)10)4-9(2)7-11/h5H,3-4H2,1-2H3. The first kappa shape index (κ1) is 8.76. The fourth-order valence-electron chi connectivity index (χ4n) is 1.07. The van der Waals surface area contributed by atoms with Crippen LogP contribution in [0.2, 0.25) is 0 Å². The lowest BCUT2D eigenvalue weighted by atomic mass is 10.3. The quantitative estimate of drug-likeness (QED) is 0.447. The van der Waals surface area contributed by atoms with Crippen LogP contribution >= 0.6 is 0 Å². The molecule has 1 amide bonds. The Morgan fingerprint density at radius 2 is 2.50 bits per heavy atom. The first-order valence-electron chi connectivity index (χ1n) is 3.59. The molecular weight excluding hydrogens is 162 g/mol. The number of cyclic esters (lactones) is 1. The lowest BCUT2D eigenvalue weighted by Crippen LogP contribution is -2.28. The third-order valence-corrected chi connectivity index (χ3v) is 1.66. The largest absolute Gasteiger partial charge is 0.442 e. The summed E-state index contributed by atoms with van der Waals surface area (Å²) in [5.74, 6) is 0. The Morgan fingerprint density at radius 3 is 2.92 bits per heavy atom. The lowest BCUT2D eigenvalue weighted by molar-refractivity contribution is 0.114. The van der Waals surface area contributed by atoms with Gasteiger partial charge < -0.3 is 9.64 Å². The van der Waals surface area contributed by atoms with E-state index in [-0.39, 0.29) is 12.2 Å². The minimum Gasteiger partial charge on any atom is -0.442 e. The van der Waals surface area contributed by atoms with Gasteiger partial charge in [-0.1, -0.05) is 0 Å². The highest BCUT2D eigenvalue weighted by atomic mass is 16.6. The Hall–Kier alpha value is -1.33. The molecule has 0 N–H and O–H groups in total. The van der Waals surface area contributed by atoms with Gasteiger partial charge in [-0.3, -0.25) is 5.01 Å². The Morgan fingerprint density at radius 1 is 1.83 bits per heavy atom. The van der Waals surface area contributed by atoms with Gasteiger partial charge in [0.2, 0.25) is 0 Å². The topological polar surface area (TPSA) is 62.2 Å². The van der Waals surface area contributed by atoms with Gasteiger partial charge in [-0.15, -0.1) is 4.91 Å². The van der Waals surface area contributed by atoms with Crippen LogP contribution in [-0.2, 0) is 4.74 Å². The molecule has 0 radical (unpaired) electrons. The molecule has 1 aliphatic rings. The molecule has 0 aromatic carbocycles. The van der Waals surface area contributed by atoms with Crippen molar-refractivity contribution in [3.8, 4) is 0 Å². The summed E-state index contributed by atoms with van der Waals surface area (Å²) in [6.45, 7) is 0.859. The van der Waals surface area contributed by atoms with E-state index in [0.717, 1.165) is 0 Å². The molecule has 1 rings (SSSR count). The van der Waals surface area contributed by atoms with Crippen molar-refractivity contribution in [3.05, 3.63) is 4.91 Å². The average Bonchev–Trinajstić information content (AvgIpc) is 2.31. The molecule has 1 saturated heterocycles. The molecule has 0 saturated carbocycles. The molecule has 0 spiro atoms. The molecule has 1 atom stereocenters. The van der Waals surface area contributed by atoms with Crippen LogP contribution in [-0.4, -0.2) is 49.3 Å². The SMILES string of the molecule is CN(CC1CN(C)C(=O)O1)N=O. The second kappa shape index (κ2) is 3.38. The number of ether oxygens (including phenoxy) is 1. The van der Waals surface area contributed by atoms with Gasteiger partial charge in [0.05, 0.1) is 18.4 Å². The van der Waals surface area contributed by atoms with Crippen LogP contribution in [0.1, 0.15) is 0 Å². The van der Waals surface area contributed by atoms with Gasteiger partial charge in [-0.25, -0.2) is 4.79 Å². The number of rotatable bonds is 3. The van der Waals surface area contributed by atoms with Crippen molar-refractivity contribution < 1.29 is 9.53 Å². The van der Waals surface area contributed by atoms with E-state index in [0.29, 0.717) is 13.1 Å². The van der Waals surface area contributed by atoms with Crippen LogP contribution in [0.5, 0.6) is 0 Å². The molecule has 68 valence electrons. The molecule has 1 heterocycles. The number of likely N-dealkylation sites (N-methyl/N-ethyl adjacent to an activating group) is 2. The Kier molecular flexibility index (Phi) is 2.47. The molecule has 1 unspecified atom stereocenters. The summed E-state index contributed by atoms with van der Waals surface area (Å²) >= 11 is 0. The summed E-state index contributed by atoms with van der Waals surface area (Å²) in [6, 6.07) is 0. The van der Waals surface area contributed by atoms with E-state index in [1.54, 1.807) is 14.1 Å². The summed E-state index contributed by atoms with van der Waals surface area (Å²) < 4.78 is 4.89. The van der Waals surface area contributed by atoms with Crippen LogP contribution in [0.25, 0.3) is 0 Å². The van der Waals surface area contributed by atoms with Crippen LogP contribution in [0.4, 0.5) is 4.79 Å². The minimum atomic E-state index is -0.348. The fraction of sp³-hybridized carbons (Fsp3) is 0.833. The molecule has 12 heavy (non-hydrogen) atoms. The number of nitrogens with zero attached hydrogens (tertiary/aromatic N) is 3. The lowest BCUT2D eigenvalue weighted by Gasteiger charge is -2.12. The number of amides is 1. The van der Waals surface area contributed by atoms with Gasteiger partial charge in [0.1, 0.15) is 6.10 Å². The average molecular weight is 173 g/mol. The molecule has 6 heteroatoms. The van der Waals surface area contributed by atoms with E-state index < -0.39 is 0 Å². The highest BCUT2D eigenvalue weighted by molar-refractivity contribution is 5.69.